The molecule has 2 rings (SSSR count). The first kappa shape index (κ1) is 17.1. The highest BCUT2D eigenvalue weighted by Gasteiger charge is 2.10. The number of anilines is 1. The molecule has 0 bridgehead atoms. The molecule has 0 aliphatic rings. The van der Waals surface area contributed by atoms with E-state index in [4.69, 9.17) is 27.9 Å². The predicted octanol–water partition coefficient (Wildman–Crippen LogP) is 5.80. The third-order valence-electron chi connectivity index (χ3n) is 2.83. The van der Waals surface area contributed by atoms with Gasteiger partial charge in [0.1, 0.15) is 5.75 Å². The number of hydrogen-bond acceptors (Lipinski definition) is 2. The minimum Gasteiger partial charge on any atom is -0.492 e. The van der Waals surface area contributed by atoms with Crippen molar-refractivity contribution in [2.75, 3.05) is 11.9 Å². The third kappa shape index (κ3) is 4.38. The van der Waals surface area contributed by atoms with Gasteiger partial charge in [0, 0.05) is 11.3 Å². The highest BCUT2D eigenvalue weighted by atomic mass is 79.9. The van der Waals surface area contributed by atoms with Gasteiger partial charge in [-0.3, -0.25) is 4.79 Å². The Labute approximate surface area is 147 Å². The molecule has 1 amide bonds. The zero-order valence-corrected chi connectivity index (χ0v) is 14.9. The highest BCUT2D eigenvalue weighted by molar-refractivity contribution is 9.10. The Bertz CT molecular complexity index is 692. The molecule has 0 saturated carbocycles. The van der Waals surface area contributed by atoms with Crippen LogP contribution < -0.4 is 10.1 Å². The van der Waals surface area contributed by atoms with Crippen LogP contribution in [-0.4, -0.2) is 12.5 Å². The molecule has 2 aromatic rings. The molecule has 0 spiro atoms. The fourth-order valence-electron chi connectivity index (χ4n) is 1.75. The topological polar surface area (TPSA) is 38.3 Å². The quantitative estimate of drug-likeness (QED) is 0.686. The van der Waals surface area contributed by atoms with Crippen molar-refractivity contribution in [2.24, 2.45) is 0 Å². The number of benzene rings is 2. The molecular weight excluding hydrogens is 389 g/mol. The first-order valence-electron chi connectivity index (χ1n) is 6.70. The van der Waals surface area contributed by atoms with Crippen LogP contribution in [0.3, 0.4) is 0 Å². The first-order chi connectivity index (χ1) is 10.5. The molecule has 0 radical (unpaired) electrons. The number of halogens is 3. The highest BCUT2D eigenvalue weighted by Crippen LogP contribution is 2.28. The lowest BCUT2D eigenvalue weighted by Gasteiger charge is -2.10. The van der Waals surface area contributed by atoms with Gasteiger partial charge in [0.15, 0.2) is 0 Å². The average Bonchev–Trinajstić information content (AvgIpc) is 2.49. The number of nitrogens with one attached hydrogen (secondary N) is 1. The van der Waals surface area contributed by atoms with Gasteiger partial charge in [-0.2, -0.15) is 0 Å². The van der Waals surface area contributed by atoms with E-state index in [9.17, 15) is 4.79 Å². The van der Waals surface area contributed by atoms with Crippen LogP contribution in [-0.2, 0) is 0 Å². The van der Waals surface area contributed by atoms with Crippen molar-refractivity contribution in [1.29, 1.82) is 0 Å². The van der Waals surface area contributed by atoms with E-state index in [-0.39, 0.29) is 5.91 Å². The molecule has 0 aromatic heterocycles. The number of carbonyl (C=O) groups is 1. The molecule has 0 atom stereocenters. The molecule has 1 N–H and O–H groups in total. The molecule has 6 heteroatoms. The van der Waals surface area contributed by atoms with Gasteiger partial charge in [0.25, 0.3) is 5.91 Å². The van der Waals surface area contributed by atoms with Crippen LogP contribution in [0.4, 0.5) is 5.69 Å². The summed E-state index contributed by atoms with van der Waals surface area (Å²) in [5.74, 6) is 0.481. The minimum absolute atomic E-state index is 0.235. The summed E-state index contributed by atoms with van der Waals surface area (Å²) >= 11 is 15.2. The van der Waals surface area contributed by atoms with Crippen LogP contribution in [0.25, 0.3) is 0 Å². The maximum absolute atomic E-state index is 12.2. The van der Waals surface area contributed by atoms with E-state index in [1.807, 2.05) is 6.92 Å². The normalized spacial score (nSPS) is 10.4. The van der Waals surface area contributed by atoms with E-state index in [2.05, 4.69) is 21.2 Å². The maximum atomic E-state index is 12.2. The summed E-state index contributed by atoms with van der Waals surface area (Å²) in [4.78, 5) is 12.2. The summed E-state index contributed by atoms with van der Waals surface area (Å²) in [6.45, 7) is 2.67. The van der Waals surface area contributed by atoms with E-state index < -0.39 is 0 Å². The monoisotopic (exact) mass is 401 g/mol. The summed E-state index contributed by atoms with van der Waals surface area (Å²) in [6, 6.07) is 10.1. The van der Waals surface area contributed by atoms with Gasteiger partial charge in [-0.15, -0.1) is 0 Å². The smallest absolute Gasteiger partial charge is 0.255 e. The fourth-order valence-corrected chi connectivity index (χ4v) is 2.54. The molecule has 0 fully saturated rings. The predicted molar refractivity (Wildman–Crippen MR) is 94.3 cm³/mol. The first-order valence-corrected chi connectivity index (χ1v) is 8.25. The van der Waals surface area contributed by atoms with E-state index in [0.717, 1.165) is 10.9 Å². The van der Waals surface area contributed by atoms with Gasteiger partial charge >= 0.3 is 0 Å². The second-order valence-electron chi connectivity index (χ2n) is 4.58. The minimum atomic E-state index is -0.235. The fraction of sp³-hybridized carbons (Fsp3) is 0.188. The van der Waals surface area contributed by atoms with Crippen molar-refractivity contribution in [3.05, 3.63) is 56.5 Å². The average molecular weight is 403 g/mol. The molecule has 0 aliphatic carbocycles. The number of rotatable bonds is 5. The van der Waals surface area contributed by atoms with Crippen LogP contribution in [0, 0.1) is 0 Å². The van der Waals surface area contributed by atoms with E-state index in [0.29, 0.717) is 33.7 Å². The Balaban J connectivity index is 2.12. The van der Waals surface area contributed by atoms with Crippen molar-refractivity contribution < 1.29 is 9.53 Å². The van der Waals surface area contributed by atoms with Crippen LogP contribution in [0.5, 0.6) is 5.75 Å². The summed E-state index contributed by atoms with van der Waals surface area (Å²) < 4.78 is 6.30. The molecule has 0 aliphatic heterocycles. The number of amides is 1. The Kier molecular flexibility index (Phi) is 6.12. The lowest BCUT2D eigenvalue weighted by molar-refractivity contribution is 0.102. The van der Waals surface area contributed by atoms with Crippen molar-refractivity contribution in [3.63, 3.8) is 0 Å². The van der Waals surface area contributed by atoms with Crippen molar-refractivity contribution in [1.82, 2.24) is 0 Å². The summed E-state index contributed by atoms with van der Waals surface area (Å²) in [5, 5.41) is 3.61. The number of hydrogen-bond donors (Lipinski definition) is 1. The molecular formula is C16H14BrCl2NO2. The van der Waals surface area contributed by atoms with Gasteiger partial charge in [-0.1, -0.05) is 30.1 Å². The van der Waals surface area contributed by atoms with Gasteiger partial charge in [-0.05, 0) is 58.7 Å². The Morgan fingerprint density at radius 2 is 1.95 bits per heavy atom. The van der Waals surface area contributed by atoms with E-state index in [1.165, 1.54) is 0 Å². The Morgan fingerprint density at radius 1 is 1.18 bits per heavy atom. The van der Waals surface area contributed by atoms with E-state index >= 15 is 0 Å². The zero-order valence-electron chi connectivity index (χ0n) is 11.8. The molecule has 116 valence electrons. The lowest BCUT2D eigenvalue weighted by atomic mass is 10.2. The van der Waals surface area contributed by atoms with Gasteiger partial charge in [-0.25, -0.2) is 0 Å². The second-order valence-corrected chi connectivity index (χ2v) is 6.25. The van der Waals surface area contributed by atoms with Crippen molar-refractivity contribution in [3.8, 4) is 5.75 Å². The number of carbonyl (C=O) groups excluding carboxylic acids is 1. The molecule has 0 heterocycles. The van der Waals surface area contributed by atoms with Gasteiger partial charge < -0.3 is 10.1 Å². The lowest BCUT2D eigenvalue weighted by Crippen LogP contribution is -2.12. The van der Waals surface area contributed by atoms with Gasteiger partial charge in [0.2, 0.25) is 0 Å². The largest absolute Gasteiger partial charge is 0.492 e. The molecule has 22 heavy (non-hydrogen) atoms. The maximum Gasteiger partial charge on any atom is 0.255 e. The molecule has 0 unspecified atom stereocenters. The molecule has 0 saturated heterocycles. The Hall–Kier alpha value is -1.23. The Morgan fingerprint density at radius 3 is 2.59 bits per heavy atom. The van der Waals surface area contributed by atoms with E-state index in [1.54, 1.807) is 36.4 Å². The zero-order chi connectivity index (χ0) is 16.1. The van der Waals surface area contributed by atoms with Crippen LogP contribution in [0.2, 0.25) is 10.0 Å². The third-order valence-corrected chi connectivity index (χ3v) is 4.19. The molecule has 3 nitrogen and oxygen atoms in total. The van der Waals surface area contributed by atoms with Crippen LogP contribution in [0.15, 0.2) is 40.9 Å². The SMILES string of the molecule is CCCOc1ccc(C(=O)Nc2ccc(Cl)c(Cl)c2)cc1Br. The standard InChI is InChI=1S/C16H14BrCl2NO2/c1-2-7-22-15-6-3-10(8-12(15)17)16(21)20-11-4-5-13(18)14(19)9-11/h3-6,8-9H,2,7H2,1H3,(H,20,21). The number of ether oxygens (including phenoxy) is 1. The van der Waals surface area contributed by atoms with Crippen molar-refractivity contribution in [2.45, 2.75) is 13.3 Å². The summed E-state index contributed by atoms with van der Waals surface area (Å²) in [5.41, 5.74) is 1.10. The van der Waals surface area contributed by atoms with Gasteiger partial charge in [0.05, 0.1) is 21.1 Å². The molecule has 2 aromatic carbocycles. The van der Waals surface area contributed by atoms with Crippen LogP contribution in [0.1, 0.15) is 23.7 Å². The second kappa shape index (κ2) is 7.86. The summed E-state index contributed by atoms with van der Waals surface area (Å²) in [7, 11) is 0. The summed E-state index contributed by atoms with van der Waals surface area (Å²) in [6.07, 6.45) is 0.923. The van der Waals surface area contributed by atoms with Crippen molar-refractivity contribution >= 4 is 50.7 Å². The van der Waals surface area contributed by atoms with Crippen LogP contribution >= 0.6 is 39.1 Å².